The van der Waals surface area contributed by atoms with Crippen LogP contribution < -0.4 is 5.73 Å². The van der Waals surface area contributed by atoms with Gasteiger partial charge in [0.2, 0.25) is 5.78 Å². The summed E-state index contributed by atoms with van der Waals surface area (Å²) in [6.45, 7) is 0. The van der Waals surface area contributed by atoms with Crippen LogP contribution in [0.5, 0.6) is 0 Å². The fourth-order valence-corrected chi connectivity index (χ4v) is 3.95. The van der Waals surface area contributed by atoms with Crippen LogP contribution in [0.15, 0.2) is 36.4 Å². The van der Waals surface area contributed by atoms with Gasteiger partial charge >= 0.3 is 0 Å². The third-order valence-corrected chi connectivity index (χ3v) is 5.11. The maximum atomic E-state index is 12.6. The molecule has 0 fully saturated rings. The van der Waals surface area contributed by atoms with Crippen molar-refractivity contribution in [2.75, 3.05) is 5.73 Å². The third kappa shape index (κ3) is 1.94. The van der Waals surface area contributed by atoms with Crippen LogP contribution in [0.4, 0.5) is 5.69 Å². The van der Waals surface area contributed by atoms with Crippen LogP contribution >= 0.6 is 11.3 Å². The lowest BCUT2D eigenvalue weighted by Crippen LogP contribution is -2.01. The SMILES string of the molecule is Nc1c(C(=O)c2ccccc2)sc2nc3c(cc12)CCC3. The van der Waals surface area contributed by atoms with Crippen molar-refractivity contribution in [3.8, 4) is 0 Å². The van der Waals surface area contributed by atoms with E-state index in [0.29, 0.717) is 16.1 Å². The van der Waals surface area contributed by atoms with Gasteiger partial charge in [-0.25, -0.2) is 4.98 Å². The molecular weight excluding hydrogens is 280 g/mol. The molecule has 0 bridgehead atoms. The Morgan fingerprint density at radius 1 is 1.19 bits per heavy atom. The molecule has 4 heteroatoms. The summed E-state index contributed by atoms with van der Waals surface area (Å²) in [4.78, 5) is 18.8. The molecule has 3 aromatic rings. The number of thiophene rings is 1. The Hall–Kier alpha value is -2.20. The highest BCUT2D eigenvalue weighted by Crippen LogP contribution is 2.36. The quantitative estimate of drug-likeness (QED) is 0.735. The summed E-state index contributed by atoms with van der Waals surface area (Å²) in [6, 6.07) is 11.4. The van der Waals surface area contributed by atoms with Crippen molar-refractivity contribution in [3.63, 3.8) is 0 Å². The molecule has 0 saturated heterocycles. The molecule has 2 aromatic heterocycles. The highest BCUT2D eigenvalue weighted by Gasteiger charge is 2.21. The number of carbonyl (C=O) groups is 1. The number of hydrogen-bond acceptors (Lipinski definition) is 4. The number of aryl methyl sites for hydroxylation is 2. The maximum Gasteiger partial charge on any atom is 0.205 e. The average molecular weight is 294 g/mol. The van der Waals surface area contributed by atoms with E-state index >= 15 is 0 Å². The van der Waals surface area contributed by atoms with Gasteiger partial charge in [-0.1, -0.05) is 30.3 Å². The topological polar surface area (TPSA) is 56.0 Å². The van der Waals surface area contributed by atoms with E-state index in [1.165, 1.54) is 22.6 Å². The van der Waals surface area contributed by atoms with Crippen molar-refractivity contribution < 1.29 is 4.79 Å². The van der Waals surface area contributed by atoms with E-state index in [4.69, 9.17) is 10.7 Å². The zero-order chi connectivity index (χ0) is 14.4. The van der Waals surface area contributed by atoms with Crippen molar-refractivity contribution >= 4 is 33.0 Å². The fourth-order valence-electron chi connectivity index (χ4n) is 2.89. The fraction of sp³-hybridized carbons (Fsp3) is 0.176. The van der Waals surface area contributed by atoms with E-state index in [1.54, 1.807) is 0 Å². The molecular formula is C17H14N2OS. The Morgan fingerprint density at radius 2 is 2.00 bits per heavy atom. The minimum Gasteiger partial charge on any atom is -0.397 e. The number of fused-ring (bicyclic) bond motifs is 2. The summed E-state index contributed by atoms with van der Waals surface area (Å²) in [5.74, 6) is -0.0174. The molecule has 1 aliphatic rings. The normalized spacial score (nSPS) is 13.5. The van der Waals surface area contributed by atoms with Crippen LogP contribution in [-0.2, 0) is 12.8 Å². The lowest BCUT2D eigenvalue weighted by atomic mass is 10.1. The van der Waals surface area contributed by atoms with Gasteiger partial charge in [0.05, 0.1) is 5.69 Å². The average Bonchev–Trinajstić information content (AvgIpc) is 3.10. The third-order valence-electron chi connectivity index (χ3n) is 3.99. The molecule has 1 aliphatic carbocycles. The summed E-state index contributed by atoms with van der Waals surface area (Å²) >= 11 is 1.41. The standard InChI is InChI=1S/C17H14N2OS/c18-14-12-9-11-7-4-8-13(11)19-17(12)21-16(14)15(20)10-5-2-1-3-6-10/h1-3,5-6,9H,4,7-8,18H2. The Kier molecular flexibility index (Phi) is 2.79. The minimum atomic E-state index is -0.0174. The second kappa shape index (κ2) is 4.67. The number of ketones is 1. The van der Waals surface area contributed by atoms with Crippen molar-refractivity contribution in [3.05, 3.63) is 58.1 Å². The lowest BCUT2D eigenvalue weighted by molar-refractivity contribution is 0.104. The number of pyridine rings is 1. The van der Waals surface area contributed by atoms with Gasteiger partial charge in [0, 0.05) is 16.6 Å². The number of rotatable bonds is 2. The minimum absolute atomic E-state index is 0.0174. The number of anilines is 1. The molecule has 104 valence electrons. The van der Waals surface area contributed by atoms with Crippen LogP contribution in [0.1, 0.15) is 32.9 Å². The van der Waals surface area contributed by atoms with Gasteiger partial charge in [-0.2, -0.15) is 0 Å². The zero-order valence-electron chi connectivity index (χ0n) is 11.4. The molecule has 21 heavy (non-hydrogen) atoms. The number of nitrogens with zero attached hydrogens (tertiary/aromatic N) is 1. The summed E-state index contributed by atoms with van der Waals surface area (Å²) in [5, 5.41) is 0.930. The number of carbonyl (C=O) groups excluding carboxylic acids is 1. The van der Waals surface area contributed by atoms with E-state index < -0.39 is 0 Å². The van der Waals surface area contributed by atoms with Gasteiger partial charge in [0.1, 0.15) is 9.71 Å². The molecule has 2 heterocycles. The number of nitrogens with two attached hydrogens (primary N) is 1. The molecule has 2 N–H and O–H groups in total. The summed E-state index contributed by atoms with van der Waals surface area (Å²) in [5.41, 5.74) is 9.92. The number of hydrogen-bond donors (Lipinski definition) is 1. The Bertz CT molecular complexity index is 852. The van der Waals surface area contributed by atoms with Gasteiger partial charge < -0.3 is 5.73 Å². The van der Waals surface area contributed by atoms with E-state index in [-0.39, 0.29) is 5.78 Å². The number of aromatic nitrogens is 1. The van der Waals surface area contributed by atoms with Crippen LogP contribution in [0, 0.1) is 0 Å². The smallest absolute Gasteiger partial charge is 0.205 e. The van der Waals surface area contributed by atoms with Crippen molar-refractivity contribution in [1.82, 2.24) is 4.98 Å². The monoisotopic (exact) mass is 294 g/mol. The molecule has 4 rings (SSSR count). The second-order valence-electron chi connectivity index (χ2n) is 5.34. The number of benzene rings is 1. The first kappa shape index (κ1) is 12.5. The zero-order valence-corrected chi connectivity index (χ0v) is 12.2. The van der Waals surface area contributed by atoms with Crippen molar-refractivity contribution in [2.24, 2.45) is 0 Å². The first-order valence-electron chi connectivity index (χ1n) is 7.04. The highest BCUT2D eigenvalue weighted by atomic mass is 32.1. The summed E-state index contributed by atoms with van der Waals surface area (Å²) < 4.78 is 0. The van der Waals surface area contributed by atoms with E-state index in [1.807, 2.05) is 30.3 Å². The highest BCUT2D eigenvalue weighted by molar-refractivity contribution is 7.21. The number of nitrogen functional groups attached to an aromatic ring is 1. The Balaban J connectivity index is 1.87. The van der Waals surface area contributed by atoms with Crippen LogP contribution in [0.2, 0.25) is 0 Å². The molecule has 0 atom stereocenters. The summed E-state index contributed by atoms with van der Waals surface area (Å²) in [6.07, 6.45) is 3.26. The van der Waals surface area contributed by atoms with Crippen LogP contribution in [-0.4, -0.2) is 10.8 Å². The lowest BCUT2D eigenvalue weighted by Gasteiger charge is -2.00. The van der Waals surface area contributed by atoms with Crippen LogP contribution in [0.3, 0.4) is 0 Å². The predicted molar refractivity (Wildman–Crippen MR) is 85.9 cm³/mol. The first-order valence-corrected chi connectivity index (χ1v) is 7.86. The molecule has 0 amide bonds. The predicted octanol–water partition coefficient (Wildman–Crippen LogP) is 3.60. The molecule has 0 saturated carbocycles. The van der Waals surface area contributed by atoms with Gasteiger partial charge in [-0.15, -0.1) is 11.3 Å². The van der Waals surface area contributed by atoms with Crippen LogP contribution in [0.25, 0.3) is 10.2 Å². The molecule has 0 radical (unpaired) electrons. The molecule has 3 nitrogen and oxygen atoms in total. The Labute approximate surface area is 126 Å². The molecule has 0 spiro atoms. The maximum absolute atomic E-state index is 12.6. The summed E-state index contributed by atoms with van der Waals surface area (Å²) in [7, 11) is 0. The van der Waals surface area contributed by atoms with Crippen molar-refractivity contribution in [2.45, 2.75) is 19.3 Å². The molecule has 0 aliphatic heterocycles. The van der Waals surface area contributed by atoms with Crippen molar-refractivity contribution in [1.29, 1.82) is 0 Å². The largest absolute Gasteiger partial charge is 0.397 e. The van der Waals surface area contributed by atoms with E-state index in [2.05, 4.69) is 6.07 Å². The second-order valence-corrected chi connectivity index (χ2v) is 6.34. The van der Waals surface area contributed by atoms with Gasteiger partial charge in [0.15, 0.2) is 0 Å². The van der Waals surface area contributed by atoms with Gasteiger partial charge in [-0.3, -0.25) is 4.79 Å². The van der Waals surface area contributed by atoms with Gasteiger partial charge in [-0.05, 0) is 30.9 Å². The first-order chi connectivity index (χ1) is 10.2. The van der Waals surface area contributed by atoms with Gasteiger partial charge in [0.25, 0.3) is 0 Å². The molecule has 1 aromatic carbocycles. The molecule has 0 unspecified atom stereocenters. The Morgan fingerprint density at radius 3 is 2.81 bits per heavy atom. The van der Waals surface area contributed by atoms with E-state index in [0.717, 1.165) is 29.5 Å². The van der Waals surface area contributed by atoms with E-state index in [9.17, 15) is 4.79 Å².